The van der Waals surface area contributed by atoms with Gasteiger partial charge in [-0.3, -0.25) is 5.32 Å². The molecule has 1 aliphatic rings. The summed E-state index contributed by atoms with van der Waals surface area (Å²) >= 11 is 0. The van der Waals surface area contributed by atoms with Crippen LogP contribution in [0.4, 0.5) is 0 Å². The van der Waals surface area contributed by atoms with Crippen molar-refractivity contribution in [2.24, 2.45) is 0 Å². The van der Waals surface area contributed by atoms with E-state index in [-0.39, 0.29) is 0 Å². The van der Waals surface area contributed by atoms with Crippen LogP contribution in [0, 0.1) is 11.3 Å². The maximum absolute atomic E-state index is 9.24. The minimum absolute atomic E-state index is 0.426. The predicted octanol–water partition coefficient (Wildman–Crippen LogP) is 2.62. The molecule has 3 nitrogen and oxygen atoms in total. The molecule has 0 radical (unpaired) electrons. The first kappa shape index (κ1) is 13.5. The number of nitriles is 1. The van der Waals surface area contributed by atoms with Crippen LogP contribution in [0.15, 0.2) is 0 Å². The highest BCUT2D eigenvalue weighted by Crippen LogP contribution is 2.20. The van der Waals surface area contributed by atoms with Crippen LogP contribution in [-0.2, 0) is 4.74 Å². The lowest BCUT2D eigenvalue weighted by Gasteiger charge is -2.28. The molecule has 1 saturated carbocycles. The van der Waals surface area contributed by atoms with Gasteiger partial charge < -0.3 is 4.74 Å². The summed E-state index contributed by atoms with van der Waals surface area (Å²) in [5, 5.41) is 12.8. The number of ether oxygens (including phenoxy) is 1. The molecule has 1 aliphatic carbocycles. The van der Waals surface area contributed by atoms with Crippen LogP contribution < -0.4 is 5.32 Å². The summed E-state index contributed by atoms with van der Waals surface area (Å²) in [5.74, 6) is 0. The van der Waals surface area contributed by atoms with E-state index in [2.05, 4.69) is 11.4 Å². The van der Waals surface area contributed by atoms with Gasteiger partial charge in [0.05, 0.1) is 6.07 Å². The largest absolute Gasteiger partial charge is 0.385 e. The van der Waals surface area contributed by atoms with Crippen LogP contribution in [0.5, 0.6) is 0 Å². The number of nitrogens with one attached hydrogen (secondary N) is 1. The zero-order valence-electron chi connectivity index (χ0n) is 10.6. The summed E-state index contributed by atoms with van der Waals surface area (Å²) in [6, 6.07) is 2.91. The first-order valence-corrected chi connectivity index (χ1v) is 6.38. The Hall–Kier alpha value is -0.590. The number of rotatable bonds is 5. The summed E-state index contributed by atoms with van der Waals surface area (Å²) in [6.45, 7) is 2.63. The number of hydrogen-bond donors (Lipinski definition) is 1. The molecule has 1 rings (SSSR count). The molecule has 0 amide bonds. The third kappa shape index (κ3) is 4.51. The second-order valence-corrected chi connectivity index (χ2v) is 5.02. The molecule has 1 atom stereocenters. The molecule has 0 saturated heterocycles. The zero-order valence-corrected chi connectivity index (χ0v) is 10.6. The van der Waals surface area contributed by atoms with Crippen molar-refractivity contribution in [1.29, 1.82) is 5.26 Å². The van der Waals surface area contributed by atoms with E-state index in [0.717, 1.165) is 6.42 Å². The van der Waals surface area contributed by atoms with Crippen molar-refractivity contribution in [2.75, 3.05) is 13.7 Å². The van der Waals surface area contributed by atoms with E-state index >= 15 is 0 Å². The van der Waals surface area contributed by atoms with Crippen molar-refractivity contribution in [1.82, 2.24) is 5.32 Å². The standard InChI is InChI=1S/C13H24N2O/c1-13(11-14,9-10-16-2)15-12-7-5-3-4-6-8-12/h12,15H,3-10H2,1-2H3. The maximum Gasteiger partial charge on any atom is 0.106 e. The van der Waals surface area contributed by atoms with Crippen molar-refractivity contribution in [3.05, 3.63) is 0 Å². The fourth-order valence-electron chi connectivity index (χ4n) is 2.34. The SMILES string of the molecule is COCCC(C)(C#N)NC1CCCCCC1. The topological polar surface area (TPSA) is 45.0 Å². The van der Waals surface area contributed by atoms with Gasteiger partial charge in [0.2, 0.25) is 0 Å². The minimum Gasteiger partial charge on any atom is -0.385 e. The third-order valence-corrected chi connectivity index (χ3v) is 3.43. The van der Waals surface area contributed by atoms with E-state index < -0.39 is 5.54 Å². The van der Waals surface area contributed by atoms with E-state index in [1.54, 1.807) is 7.11 Å². The van der Waals surface area contributed by atoms with Crippen molar-refractivity contribution >= 4 is 0 Å². The lowest BCUT2D eigenvalue weighted by atomic mass is 9.97. The Labute approximate surface area is 99.2 Å². The second kappa shape index (κ2) is 6.88. The summed E-state index contributed by atoms with van der Waals surface area (Å²) in [5.41, 5.74) is -0.426. The van der Waals surface area contributed by atoms with E-state index in [1.807, 2.05) is 6.92 Å². The molecule has 92 valence electrons. The fraction of sp³-hybridized carbons (Fsp3) is 0.923. The van der Waals surface area contributed by atoms with Crippen molar-refractivity contribution in [3.8, 4) is 6.07 Å². The van der Waals surface area contributed by atoms with Gasteiger partial charge >= 0.3 is 0 Å². The zero-order chi connectivity index (χ0) is 11.9. The highest BCUT2D eigenvalue weighted by Gasteiger charge is 2.27. The Morgan fingerprint density at radius 2 is 1.94 bits per heavy atom. The van der Waals surface area contributed by atoms with Crippen molar-refractivity contribution in [2.45, 2.75) is 63.5 Å². The monoisotopic (exact) mass is 224 g/mol. The van der Waals surface area contributed by atoms with E-state index in [0.29, 0.717) is 12.6 Å². The lowest BCUT2D eigenvalue weighted by molar-refractivity contribution is 0.168. The van der Waals surface area contributed by atoms with E-state index in [4.69, 9.17) is 4.74 Å². The first-order chi connectivity index (χ1) is 7.70. The third-order valence-electron chi connectivity index (χ3n) is 3.43. The Balaban J connectivity index is 2.44. The van der Waals surface area contributed by atoms with Crippen LogP contribution in [0.3, 0.4) is 0 Å². The average molecular weight is 224 g/mol. The van der Waals surface area contributed by atoms with Crippen LogP contribution in [0.1, 0.15) is 51.9 Å². The van der Waals surface area contributed by atoms with E-state index in [1.165, 1.54) is 38.5 Å². The molecule has 0 aromatic rings. The highest BCUT2D eigenvalue weighted by molar-refractivity contribution is 5.05. The maximum atomic E-state index is 9.24. The molecule has 1 unspecified atom stereocenters. The molecule has 0 aliphatic heterocycles. The van der Waals surface area contributed by atoms with Crippen LogP contribution in [0.2, 0.25) is 0 Å². The fourth-order valence-corrected chi connectivity index (χ4v) is 2.34. The summed E-state index contributed by atoms with van der Waals surface area (Å²) in [4.78, 5) is 0. The van der Waals surface area contributed by atoms with Gasteiger partial charge in [-0.1, -0.05) is 25.7 Å². The second-order valence-electron chi connectivity index (χ2n) is 5.02. The van der Waals surface area contributed by atoms with Crippen LogP contribution >= 0.6 is 0 Å². The highest BCUT2D eigenvalue weighted by atomic mass is 16.5. The van der Waals surface area contributed by atoms with Crippen molar-refractivity contribution in [3.63, 3.8) is 0 Å². The van der Waals surface area contributed by atoms with Crippen LogP contribution in [-0.4, -0.2) is 25.3 Å². The predicted molar refractivity (Wildman–Crippen MR) is 65.1 cm³/mol. The Bertz CT molecular complexity index is 229. The minimum atomic E-state index is -0.426. The van der Waals surface area contributed by atoms with Gasteiger partial charge in [-0.15, -0.1) is 0 Å². The molecular weight excluding hydrogens is 200 g/mol. The molecule has 1 fully saturated rings. The quantitative estimate of drug-likeness (QED) is 0.730. The first-order valence-electron chi connectivity index (χ1n) is 6.38. The molecule has 0 aromatic carbocycles. The van der Waals surface area contributed by atoms with Crippen molar-refractivity contribution < 1.29 is 4.74 Å². The number of methoxy groups -OCH3 is 1. The molecule has 1 N–H and O–H groups in total. The van der Waals surface area contributed by atoms with Crippen LogP contribution in [0.25, 0.3) is 0 Å². The number of nitrogens with zero attached hydrogens (tertiary/aromatic N) is 1. The molecule has 16 heavy (non-hydrogen) atoms. The lowest BCUT2D eigenvalue weighted by Crippen LogP contribution is -2.47. The van der Waals surface area contributed by atoms with E-state index in [9.17, 15) is 5.26 Å². The van der Waals surface area contributed by atoms with Gasteiger partial charge in [0.25, 0.3) is 0 Å². The Morgan fingerprint density at radius 3 is 2.44 bits per heavy atom. The Morgan fingerprint density at radius 1 is 1.31 bits per heavy atom. The summed E-state index contributed by atoms with van der Waals surface area (Å²) in [6.07, 6.45) is 8.47. The summed E-state index contributed by atoms with van der Waals surface area (Å²) < 4.78 is 5.06. The molecule has 0 bridgehead atoms. The summed E-state index contributed by atoms with van der Waals surface area (Å²) in [7, 11) is 1.68. The molecule has 0 spiro atoms. The normalized spacial score (nSPS) is 22.1. The van der Waals surface area contributed by atoms with Gasteiger partial charge in [-0.2, -0.15) is 5.26 Å². The van der Waals surface area contributed by atoms with Gasteiger partial charge in [0, 0.05) is 26.2 Å². The molecule has 3 heteroatoms. The van der Waals surface area contributed by atoms with Gasteiger partial charge in [0.1, 0.15) is 5.54 Å². The smallest absolute Gasteiger partial charge is 0.106 e. The van der Waals surface area contributed by atoms with Gasteiger partial charge in [-0.05, 0) is 19.8 Å². The average Bonchev–Trinajstić information content (AvgIpc) is 2.55. The molecular formula is C13H24N2O. The van der Waals surface area contributed by atoms with Gasteiger partial charge in [-0.25, -0.2) is 0 Å². The Kier molecular flexibility index (Phi) is 5.79. The van der Waals surface area contributed by atoms with Gasteiger partial charge in [0.15, 0.2) is 0 Å². The molecule has 0 heterocycles. The molecule has 0 aromatic heterocycles. The number of hydrogen-bond acceptors (Lipinski definition) is 3.